The molecule has 3 aromatic heterocycles. The van der Waals surface area contributed by atoms with Gasteiger partial charge in [-0.05, 0) is 153 Å². The number of carboxylic acids is 1. The molecule has 10 rings (SSSR count). The molecule has 518 valence electrons. The maximum Gasteiger partial charge on any atom is 2.00 e. The minimum Gasteiger partial charge on any atom is -0.656 e. The molecule has 10 nitrogen and oxygen atoms in total. The Kier molecular flexibility index (Phi) is 28.1. The van der Waals surface area contributed by atoms with Crippen LogP contribution in [-0.4, -0.2) is 34.3 Å². The fourth-order valence-corrected chi connectivity index (χ4v) is 13.1. The molecule has 5 aromatic carbocycles. The summed E-state index contributed by atoms with van der Waals surface area (Å²) in [4.78, 5) is 38.9. The minimum absolute atomic E-state index is 0. The minimum atomic E-state index is -1.93. The fourth-order valence-electron chi connectivity index (χ4n) is 13.1. The normalized spacial score (nSPS) is 11.7. The van der Waals surface area contributed by atoms with Crippen molar-refractivity contribution in [3.05, 3.63) is 211 Å². The molecule has 0 radical (unpaired) electrons. The molecule has 5 heterocycles. The van der Waals surface area contributed by atoms with Gasteiger partial charge < -0.3 is 29.4 Å². The third-order valence-electron chi connectivity index (χ3n) is 18.5. The molecule has 2 aliphatic heterocycles. The van der Waals surface area contributed by atoms with Crippen LogP contribution in [0.25, 0.3) is 79.5 Å². The van der Waals surface area contributed by atoms with Crippen LogP contribution >= 0.6 is 0 Å². The van der Waals surface area contributed by atoms with E-state index in [1.807, 2.05) is 86.7 Å². The zero-order valence-electron chi connectivity index (χ0n) is 59.3. The number of anilines is 3. The molecule has 0 atom stereocenters. The Bertz CT molecular complexity index is 4440. The van der Waals surface area contributed by atoms with Crippen molar-refractivity contribution >= 4 is 75.5 Å². The van der Waals surface area contributed by atoms with E-state index >= 15 is 17.6 Å². The third-order valence-corrected chi connectivity index (χ3v) is 18.5. The molecule has 15 heteroatoms. The number of carboxylic acid groups (broad SMARTS) is 1. The zero-order chi connectivity index (χ0) is 70.5. The van der Waals surface area contributed by atoms with Crippen LogP contribution in [0.1, 0.15) is 218 Å². The van der Waals surface area contributed by atoms with Gasteiger partial charge in [0.2, 0.25) is 0 Å². The monoisotopic (exact) mass is 1410 g/mol. The van der Waals surface area contributed by atoms with Crippen LogP contribution in [0.2, 0.25) is 0 Å². The number of hydrogen-bond donors (Lipinski definition) is 1. The van der Waals surface area contributed by atoms with E-state index < -0.39 is 46.1 Å². The Balaban J connectivity index is 0.0000119. The second-order valence-electron chi connectivity index (χ2n) is 26.0. The molecule has 1 N–H and O–H groups in total. The van der Waals surface area contributed by atoms with Crippen LogP contribution < -0.4 is 24.3 Å². The molecule has 0 aliphatic carbocycles. The van der Waals surface area contributed by atoms with E-state index in [4.69, 9.17) is 36.0 Å². The summed E-state index contributed by atoms with van der Waals surface area (Å²) in [5.74, 6) is -2.98. The van der Waals surface area contributed by atoms with Crippen LogP contribution in [0, 0.1) is 55.5 Å². The van der Waals surface area contributed by atoms with Crippen molar-refractivity contribution < 1.29 is 56.4 Å². The third kappa shape index (κ3) is 18.6. The maximum absolute atomic E-state index is 16.4. The Morgan fingerprint density at radius 2 is 0.901 bits per heavy atom. The molecule has 0 fully saturated rings. The Morgan fingerprint density at radius 1 is 0.495 bits per heavy atom. The van der Waals surface area contributed by atoms with Gasteiger partial charge in [0.25, 0.3) is 5.70 Å². The molecule has 8 bridgehead atoms. The number of fused-ring (bicyclic) bond motifs is 8. The van der Waals surface area contributed by atoms with Crippen LogP contribution in [0.4, 0.5) is 34.6 Å². The summed E-state index contributed by atoms with van der Waals surface area (Å²) in [5.41, 5.74) is 9.30. The average Bonchev–Trinajstić information content (AvgIpc) is 1.62. The zero-order valence-corrected chi connectivity index (χ0v) is 62.3. The van der Waals surface area contributed by atoms with Crippen molar-refractivity contribution in [3.63, 3.8) is 0 Å². The van der Waals surface area contributed by atoms with E-state index in [1.54, 1.807) is 12.1 Å². The fraction of sp³-hybridized carbons (Fsp3) is 0.349. The van der Waals surface area contributed by atoms with Gasteiger partial charge >= 0.3 is 25.4 Å². The maximum atomic E-state index is 16.4. The van der Waals surface area contributed by atoms with Gasteiger partial charge in [0, 0.05) is 33.6 Å². The number of hydrogen-bond acceptors (Lipinski definition) is 6. The Morgan fingerprint density at radius 3 is 1.38 bits per heavy atom. The summed E-state index contributed by atoms with van der Waals surface area (Å²) in [6.45, 7) is 21.0. The molecule has 0 spiro atoms. The molecular formula is C86H90F4N6O4Zn. The molecule has 0 saturated heterocycles. The molecule has 2 aliphatic rings. The van der Waals surface area contributed by atoms with Crippen LogP contribution in [0.3, 0.4) is 0 Å². The summed E-state index contributed by atoms with van der Waals surface area (Å²) >= 11 is 0. The van der Waals surface area contributed by atoms with Crippen molar-refractivity contribution in [2.75, 3.05) is 18.1 Å². The van der Waals surface area contributed by atoms with Crippen molar-refractivity contribution in [1.82, 2.24) is 19.9 Å². The number of benzene rings is 5. The standard InChI is InChI=1S/C86H91F4N6O4.Zn/c1-8-12-16-20-22-26-54-99-75-34-28-30-57(5)77(75)79-68-48-46-66(92-68)63(44-45-64-81(87)83(89)65(84(90)82(64)88)56-74(91-7)86(97)98)67-47-49-69(93-67)80(78-58(6)31-29-35-76(78)100-55-27-23-21-17-13-9-2)71-51-53-73(95-71)85(72-52-50-70(79)94-72)96(61-40-36-59(37-41-61)32-24-18-14-10-3)62-42-38-60(39-43-62)33-25-19-15-11-4;/h28-31,34-43,46-53,56H,8-27,32-33,54-55H2,1-6H3,(H2-,92,93,94,95,97,98);/q-1;+2/p-1/b66-63?,67-63?,74-56-,79-68?,79-70?,80-69?,80-71?,85-72?,85-73?;. The SMILES string of the molecule is [C-]#[N+]/C(=C\c1c(F)c(F)c(C#Cc2c3nc(c(-c4c(C)cccc4OCCCCCCCC)c4ccc([n-]4)c(N(c4ccc(CCCCCC)cc4)c4ccc(CCCCCC)cc4)c4nc(c(-c5c(C)cccc5OCCCCCCCC)c5ccc2[n-]5)C=C4)C=C3)c(F)c1F)C(=O)O.[Zn+2]. The number of aryl methyl sites for hydroxylation is 4. The van der Waals surface area contributed by atoms with E-state index in [0.29, 0.717) is 75.2 Å². The van der Waals surface area contributed by atoms with Crippen molar-refractivity contribution in [1.29, 1.82) is 0 Å². The van der Waals surface area contributed by atoms with E-state index in [0.717, 1.165) is 149 Å². The molecule has 101 heavy (non-hydrogen) atoms. The second kappa shape index (κ2) is 37.4. The number of aromatic nitrogens is 4. The summed E-state index contributed by atoms with van der Waals surface area (Å²) in [6, 6.07) is 37.1. The van der Waals surface area contributed by atoms with Crippen LogP contribution in [-0.2, 0) is 37.1 Å². The van der Waals surface area contributed by atoms with Crippen molar-refractivity contribution in [3.8, 4) is 45.6 Å². The Labute approximate surface area is 606 Å². The summed E-state index contributed by atoms with van der Waals surface area (Å²) in [6.07, 6.45) is 31.8. The van der Waals surface area contributed by atoms with Gasteiger partial charge in [-0.25, -0.2) is 32.4 Å². The number of ether oxygens (including phenoxy) is 2. The summed E-state index contributed by atoms with van der Waals surface area (Å²) in [7, 11) is 0. The van der Waals surface area contributed by atoms with E-state index in [2.05, 4.69) is 97.8 Å². The number of halogens is 4. The van der Waals surface area contributed by atoms with Crippen molar-refractivity contribution in [2.45, 2.75) is 183 Å². The molecule has 8 aromatic rings. The predicted octanol–water partition coefficient (Wildman–Crippen LogP) is 23.4. The van der Waals surface area contributed by atoms with Crippen LogP contribution in [0.5, 0.6) is 11.5 Å². The van der Waals surface area contributed by atoms with Gasteiger partial charge in [0.1, 0.15) is 17.1 Å². The molecule has 0 amide bonds. The quantitative estimate of drug-likeness (QED) is 0.00816. The van der Waals surface area contributed by atoms with Gasteiger partial charge in [-0.2, -0.15) is 0 Å². The number of rotatable bonds is 33. The molecule has 0 unspecified atom stereocenters. The number of carbonyl (C=O) groups is 1. The smallest absolute Gasteiger partial charge is 0.656 e. The van der Waals surface area contributed by atoms with E-state index in [-0.39, 0.29) is 42.3 Å². The van der Waals surface area contributed by atoms with Gasteiger partial charge in [-0.15, -0.1) is 22.1 Å². The topological polar surface area (TPSA) is 117 Å². The van der Waals surface area contributed by atoms with Crippen molar-refractivity contribution in [2.24, 2.45) is 0 Å². The van der Waals surface area contributed by atoms with Crippen LogP contribution in [0.15, 0.2) is 115 Å². The van der Waals surface area contributed by atoms with Gasteiger partial charge in [0.05, 0.1) is 48.2 Å². The van der Waals surface area contributed by atoms with Gasteiger partial charge in [-0.3, -0.25) is 4.79 Å². The summed E-state index contributed by atoms with van der Waals surface area (Å²) in [5, 5.41) is 9.50. The number of unbranched alkanes of at least 4 members (excludes halogenated alkanes) is 16. The average molecular weight is 1410 g/mol. The van der Waals surface area contributed by atoms with E-state index in [9.17, 15) is 9.90 Å². The largest absolute Gasteiger partial charge is 2.00 e. The number of nitrogens with zero attached hydrogens (tertiary/aromatic N) is 6. The first-order valence-corrected chi connectivity index (χ1v) is 36.0. The first-order valence-electron chi connectivity index (χ1n) is 36.0. The van der Waals surface area contributed by atoms with Gasteiger partial charge in [-0.1, -0.05) is 215 Å². The molecule has 0 saturated carbocycles. The summed E-state index contributed by atoms with van der Waals surface area (Å²) < 4.78 is 78.4. The first kappa shape index (κ1) is 75.9. The number of aliphatic carboxylic acids is 1. The Hall–Kier alpha value is -9.30. The van der Waals surface area contributed by atoms with Gasteiger partial charge in [0.15, 0.2) is 23.3 Å². The predicted molar refractivity (Wildman–Crippen MR) is 400 cm³/mol. The molecular weight excluding hydrogens is 1320 g/mol. The second-order valence-corrected chi connectivity index (χ2v) is 26.0. The first-order chi connectivity index (χ1) is 48.8. The van der Waals surface area contributed by atoms with E-state index in [1.165, 1.54) is 36.8 Å².